The summed E-state index contributed by atoms with van der Waals surface area (Å²) < 4.78 is 5.43. The van der Waals surface area contributed by atoms with Crippen molar-refractivity contribution in [3.63, 3.8) is 0 Å². The second-order valence-corrected chi connectivity index (χ2v) is 5.31. The van der Waals surface area contributed by atoms with E-state index in [2.05, 4.69) is 22.6 Å². The fourth-order valence-corrected chi connectivity index (χ4v) is 2.91. The van der Waals surface area contributed by atoms with Crippen LogP contribution in [0.25, 0.3) is 0 Å². The van der Waals surface area contributed by atoms with Gasteiger partial charge in [-0.05, 0) is 31.9 Å². The first-order chi connectivity index (χ1) is 8.29. The maximum Gasteiger partial charge on any atom is 0.0947 e. The van der Waals surface area contributed by atoms with Crippen molar-refractivity contribution in [2.75, 3.05) is 13.2 Å². The van der Waals surface area contributed by atoms with E-state index in [9.17, 15) is 0 Å². The zero-order valence-electron chi connectivity index (χ0n) is 10.5. The number of nitrogens with zero attached hydrogens (tertiary/aromatic N) is 1. The number of aromatic nitrogens is 1. The van der Waals surface area contributed by atoms with Crippen molar-refractivity contribution in [1.29, 1.82) is 0 Å². The molecule has 0 aliphatic carbocycles. The minimum atomic E-state index is 0.380. The molecule has 0 saturated heterocycles. The third-order valence-electron chi connectivity index (χ3n) is 2.91. The first-order valence-electron chi connectivity index (χ1n) is 6.24. The molecule has 3 nitrogen and oxygen atoms in total. The van der Waals surface area contributed by atoms with Crippen LogP contribution in [0.1, 0.15) is 30.5 Å². The summed E-state index contributed by atoms with van der Waals surface area (Å²) in [5, 5.41) is 6.85. The lowest BCUT2D eigenvalue weighted by Gasteiger charge is -2.23. The van der Waals surface area contributed by atoms with Gasteiger partial charge in [0.15, 0.2) is 0 Å². The van der Waals surface area contributed by atoms with Crippen LogP contribution >= 0.6 is 11.3 Å². The van der Waals surface area contributed by atoms with Crippen molar-refractivity contribution < 1.29 is 4.74 Å². The third kappa shape index (κ3) is 3.54. The molecule has 0 radical (unpaired) electrons. The molecule has 1 unspecified atom stereocenters. The lowest BCUT2D eigenvalue weighted by molar-refractivity contribution is 0.219. The van der Waals surface area contributed by atoms with Crippen molar-refractivity contribution >= 4 is 11.3 Å². The summed E-state index contributed by atoms with van der Waals surface area (Å²) in [6.45, 7) is 6.03. The molecule has 1 aliphatic rings. The minimum Gasteiger partial charge on any atom is -0.501 e. The Morgan fingerprint density at radius 1 is 1.59 bits per heavy atom. The van der Waals surface area contributed by atoms with E-state index in [4.69, 9.17) is 4.74 Å². The molecule has 0 amide bonds. The molecular weight excluding hydrogens is 232 g/mol. The van der Waals surface area contributed by atoms with Gasteiger partial charge in [-0.15, -0.1) is 11.3 Å². The predicted molar refractivity (Wildman–Crippen MR) is 71.3 cm³/mol. The SMILES string of the molecule is CCNC(Cc1nc(C)cs1)C1=COCCC1. The highest BCUT2D eigenvalue weighted by molar-refractivity contribution is 7.09. The first kappa shape index (κ1) is 12.6. The van der Waals surface area contributed by atoms with Crippen LogP contribution in [0.5, 0.6) is 0 Å². The molecule has 0 fully saturated rings. The molecule has 1 atom stereocenters. The number of likely N-dealkylation sites (N-methyl/N-ethyl adjacent to an activating group) is 1. The van der Waals surface area contributed by atoms with Crippen LogP contribution in [0.3, 0.4) is 0 Å². The second kappa shape index (κ2) is 6.17. The summed E-state index contributed by atoms with van der Waals surface area (Å²) in [5.41, 5.74) is 2.50. The minimum absolute atomic E-state index is 0.380. The molecular formula is C13H20N2OS. The van der Waals surface area contributed by atoms with Crippen molar-refractivity contribution in [2.24, 2.45) is 0 Å². The molecule has 0 aromatic carbocycles. The summed E-state index contributed by atoms with van der Waals surface area (Å²) in [4.78, 5) is 4.54. The van der Waals surface area contributed by atoms with Crippen LogP contribution in [0.15, 0.2) is 17.2 Å². The van der Waals surface area contributed by atoms with Gasteiger partial charge in [0.05, 0.1) is 17.9 Å². The van der Waals surface area contributed by atoms with Gasteiger partial charge in [-0.3, -0.25) is 0 Å². The monoisotopic (exact) mass is 252 g/mol. The van der Waals surface area contributed by atoms with Crippen molar-refractivity contribution in [3.05, 3.63) is 27.9 Å². The molecule has 0 spiro atoms. The Balaban J connectivity index is 2.03. The standard InChI is InChI=1S/C13H20N2OS/c1-3-14-12(11-5-4-6-16-8-11)7-13-15-10(2)9-17-13/h8-9,12,14H,3-7H2,1-2H3. The van der Waals surface area contributed by atoms with Gasteiger partial charge in [0.1, 0.15) is 0 Å². The van der Waals surface area contributed by atoms with Gasteiger partial charge < -0.3 is 10.1 Å². The highest BCUT2D eigenvalue weighted by Gasteiger charge is 2.18. The highest BCUT2D eigenvalue weighted by atomic mass is 32.1. The largest absolute Gasteiger partial charge is 0.501 e. The zero-order valence-corrected chi connectivity index (χ0v) is 11.3. The van der Waals surface area contributed by atoms with Crippen LogP contribution in [0.2, 0.25) is 0 Å². The third-order valence-corrected chi connectivity index (χ3v) is 3.89. The van der Waals surface area contributed by atoms with Crippen molar-refractivity contribution in [1.82, 2.24) is 10.3 Å². The summed E-state index contributed by atoms with van der Waals surface area (Å²) >= 11 is 1.75. The summed E-state index contributed by atoms with van der Waals surface area (Å²) in [6.07, 6.45) is 5.19. The van der Waals surface area contributed by atoms with Crippen molar-refractivity contribution in [2.45, 2.75) is 39.2 Å². The van der Waals surface area contributed by atoms with E-state index in [1.165, 1.54) is 10.6 Å². The summed E-state index contributed by atoms with van der Waals surface area (Å²) in [5.74, 6) is 0. The summed E-state index contributed by atoms with van der Waals surface area (Å²) in [7, 11) is 0. The van der Waals surface area contributed by atoms with E-state index in [1.807, 2.05) is 13.2 Å². The fourth-order valence-electron chi connectivity index (χ4n) is 2.09. The van der Waals surface area contributed by atoms with Gasteiger partial charge in [0.25, 0.3) is 0 Å². The average molecular weight is 252 g/mol. The molecule has 17 heavy (non-hydrogen) atoms. The zero-order chi connectivity index (χ0) is 12.1. The van der Waals surface area contributed by atoms with E-state index in [0.717, 1.165) is 38.1 Å². The van der Waals surface area contributed by atoms with Gasteiger partial charge in [-0.25, -0.2) is 4.98 Å². The maximum atomic E-state index is 5.43. The molecule has 1 aromatic rings. The Morgan fingerprint density at radius 2 is 2.47 bits per heavy atom. The Labute approximate surface area is 107 Å². The van der Waals surface area contributed by atoms with E-state index in [1.54, 1.807) is 11.3 Å². The van der Waals surface area contributed by atoms with Crippen LogP contribution in [0.4, 0.5) is 0 Å². The molecule has 0 bridgehead atoms. The number of hydrogen-bond acceptors (Lipinski definition) is 4. The van der Waals surface area contributed by atoms with E-state index >= 15 is 0 Å². The lowest BCUT2D eigenvalue weighted by Crippen LogP contribution is -2.33. The van der Waals surface area contributed by atoms with Gasteiger partial charge in [-0.1, -0.05) is 6.92 Å². The average Bonchev–Trinajstić information content (AvgIpc) is 2.75. The summed E-state index contributed by atoms with van der Waals surface area (Å²) in [6, 6.07) is 0.380. The van der Waals surface area contributed by atoms with Crippen LogP contribution < -0.4 is 5.32 Å². The van der Waals surface area contributed by atoms with E-state index in [0.29, 0.717) is 6.04 Å². The smallest absolute Gasteiger partial charge is 0.0947 e. The number of nitrogens with one attached hydrogen (secondary N) is 1. The molecule has 1 aromatic heterocycles. The number of hydrogen-bond donors (Lipinski definition) is 1. The fraction of sp³-hybridized carbons (Fsp3) is 0.615. The highest BCUT2D eigenvalue weighted by Crippen LogP contribution is 2.20. The van der Waals surface area contributed by atoms with Crippen molar-refractivity contribution in [3.8, 4) is 0 Å². The van der Waals surface area contributed by atoms with Crippen LogP contribution in [-0.4, -0.2) is 24.2 Å². The van der Waals surface area contributed by atoms with Gasteiger partial charge >= 0.3 is 0 Å². The second-order valence-electron chi connectivity index (χ2n) is 4.36. The van der Waals surface area contributed by atoms with Gasteiger partial charge in [-0.2, -0.15) is 0 Å². The topological polar surface area (TPSA) is 34.2 Å². The predicted octanol–water partition coefficient (Wildman–Crippen LogP) is 2.67. The van der Waals surface area contributed by atoms with Crippen LogP contribution in [0, 0.1) is 6.92 Å². The Kier molecular flexibility index (Phi) is 4.57. The molecule has 2 rings (SSSR count). The normalized spacial score (nSPS) is 17.4. The molecule has 0 saturated carbocycles. The maximum absolute atomic E-state index is 5.43. The molecule has 1 N–H and O–H groups in total. The Hall–Kier alpha value is -0.870. The van der Waals surface area contributed by atoms with E-state index < -0.39 is 0 Å². The van der Waals surface area contributed by atoms with Gasteiger partial charge in [0.2, 0.25) is 0 Å². The lowest BCUT2D eigenvalue weighted by atomic mass is 9.99. The molecule has 2 heterocycles. The molecule has 4 heteroatoms. The number of thiazole rings is 1. The Morgan fingerprint density at radius 3 is 3.06 bits per heavy atom. The molecule has 94 valence electrons. The number of ether oxygens (including phenoxy) is 1. The molecule has 1 aliphatic heterocycles. The Bertz CT molecular complexity index is 387. The van der Waals surface area contributed by atoms with Crippen LogP contribution in [-0.2, 0) is 11.2 Å². The number of rotatable bonds is 5. The van der Waals surface area contributed by atoms with Gasteiger partial charge in [0, 0.05) is 23.5 Å². The quantitative estimate of drug-likeness (QED) is 0.875. The van der Waals surface area contributed by atoms with E-state index in [-0.39, 0.29) is 0 Å². The first-order valence-corrected chi connectivity index (χ1v) is 7.12. The number of aryl methyl sites for hydroxylation is 1.